The van der Waals surface area contributed by atoms with Gasteiger partial charge in [-0.15, -0.1) is 0 Å². The molecule has 1 atom stereocenters. The summed E-state index contributed by atoms with van der Waals surface area (Å²) in [5.74, 6) is -1.20. The number of hydrogen-bond donors (Lipinski definition) is 2. The molecule has 3 aromatic rings. The fraction of sp³-hybridized carbons (Fsp3) is 0.320. The third-order valence-electron chi connectivity index (χ3n) is 6.51. The fourth-order valence-corrected chi connectivity index (χ4v) is 4.64. The van der Waals surface area contributed by atoms with Crippen molar-refractivity contribution >= 4 is 11.9 Å². The highest BCUT2D eigenvalue weighted by Gasteiger charge is 2.46. The maximum absolute atomic E-state index is 13.4. The first-order valence-electron chi connectivity index (χ1n) is 10.9. The Morgan fingerprint density at radius 3 is 2.06 bits per heavy atom. The van der Waals surface area contributed by atoms with E-state index in [2.05, 4.69) is 5.16 Å². The predicted molar refractivity (Wildman–Crippen MR) is 119 cm³/mol. The highest BCUT2D eigenvalue weighted by Crippen LogP contribution is 2.35. The quantitative estimate of drug-likeness (QED) is 0.422. The molecule has 1 aliphatic rings. The molecule has 8 heteroatoms. The Morgan fingerprint density at radius 1 is 1.06 bits per heavy atom. The lowest BCUT2D eigenvalue weighted by Gasteiger charge is -2.44. The minimum absolute atomic E-state index is 0.345. The number of ether oxygens (including phenoxy) is 1. The van der Waals surface area contributed by atoms with Crippen LogP contribution in [0.1, 0.15) is 35.7 Å². The van der Waals surface area contributed by atoms with E-state index in [4.69, 9.17) is 15.0 Å². The van der Waals surface area contributed by atoms with Crippen LogP contribution in [0.15, 0.2) is 77.5 Å². The molecule has 1 aliphatic heterocycles. The van der Waals surface area contributed by atoms with Gasteiger partial charge in [-0.1, -0.05) is 65.8 Å². The maximum atomic E-state index is 13.4. The third kappa shape index (κ3) is 4.40. The van der Waals surface area contributed by atoms with Gasteiger partial charge in [0.25, 0.3) is 5.91 Å². The van der Waals surface area contributed by atoms with Crippen LogP contribution < -0.4 is 5.73 Å². The number of amides is 1. The van der Waals surface area contributed by atoms with Crippen molar-refractivity contribution in [2.45, 2.75) is 30.6 Å². The molecule has 0 saturated carbocycles. The Balaban J connectivity index is 1.51. The second-order valence-electron chi connectivity index (χ2n) is 8.70. The SMILES string of the molecule is C[N+]1(C(C(N)=O)c2ccon2)CCC(OC(=O)C(O)(c2ccccc2)c2ccccc2)CC1. The lowest BCUT2D eigenvalue weighted by molar-refractivity contribution is -0.935. The van der Waals surface area contributed by atoms with Crippen molar-refractivity contribution in [2.75, 3.05) is 20.1 Å². The molecular weight excluding hydrogens is 422 g/mol. The van der Waals surface area contributed by atoms with Crippen molar-refractivity contribution in [3.63, 3.8) is 0 Å². The number of rotatable bonds is 7. The first kappa shape index (κ1) is 22.7. The number of likely N-dealkylation sites (N-methyl/N-ethyl adjacent to an activating group) is 1. The van der Waals surface area contributed by atoms with Crippen LogP contribution in [0.2, 0.25) is 0 Å². The molecule has 0 spiro atoms. The van der Waals surface area contributed by atoms with Gasteiger partial charge in [0.1, 0.15) is 12.4 Å². The average molecular weight is 451 g/mol. The van der Waals surface area contributed by atoms with E-state index in [0.717, 1.165) is 0 Å². The zero-order valence-electron chi connectivity index (χ0n) is 18.5. The van der Waals surface area contributed by atoms with Crippen molar-refractivity contribution in [3.05, 3.63) is 89.8 Å². The molecule has 1 aromatic heterocycles. The highest BCUT2D eigenvalue weighted by atomic mass is 16.6. The Bertz CT molecular complexity index is 1040. The first-order chi connectivity index (χ1) is 15.8. The summed E-state index contributed by atoms with van der Waals surface area (Å²) >= 11 is 0. The van der Waals surface area contributed by atoms with E-state index in [1.54, 1.807) is 54.6 Å². The fourth-order valence-electron chi connectivity index (χ4n) is 4.64. The van der Waals surface area contributed by atoms with Gasteiger partial charge in [0.15, 0.2) is 5.69 Å². The number of piperidine rings is 1. The summed E-state index contributed by atoms with van der Waals surface area (Å²) in [6.07, 6.45) is 2.06. The Kier molecular flexibility index (Phi) is 6.31. The number of esters is 1. The number of carbonyl (C=O) groups excluding carboxylic acids is 2. The van der Waals surface area contributed by atoms with Crippen molar-refractivity contribution in [2.24, 2.45) is 5.73 Å². The maximum Gasteiger partial charge on any atom is 0.347 e. The molecule has 1 saturated heterocycles. The number of nitrogens with zero attached hydrogens (tertiary/aromatic N) is 2. The zero-order chi connectivity index (χ0) is 23.5. The molecule has 0 radical (unpaired) electrons. The standard InChI is InChI=1S/C25H27N3O5/c1-28(22(23(26)29)21-14-17-32-27-21)15-12-20(13-16-28)33-24(30)25(31,18-8-4-2-5-9-18)19-10-6-3-7-11-19/h2-11,14,17,20,22,31H,12-13,15-16H2,1H3,(H-,26,29)/p+1. The number of primary amides is 1. The molecule has 8 nitrogen and oxygen atoms in total. The molecule has 2 heterocycles. The molecule has 172 valence electrons. The van der Waals surface area contributed by atoms with Gasteiger partial charge < -0.3 is 24.6 Å². The number of benzene rings is 2. The van der Waals surface area contributed by atoms with Gasteiger partial charge in [-0.05, 0) is 11.1 Å². The van der Waals surface area contributed by atoms with Gasteiger partial charge >= 0.3 is 5.97 Å². The summed E-state index contributed by atoms with van der Waals surface area (Å²) in [4.78, 5) is 25.6. The van der Waals surface area contributed by atoms with Crippen LogP contribution in [0.3, 0.4) is 0 Å². The number of hydrogen-bond acceptors (Lipinski definition) is 6. The molecule has 1 fully saturated rings. The van der Waals surface area contributed by atoms with Crippen LogP contribution in [-0.2, 0) is 19.9 Å². The van der Waals surface area contributed by atoms with Crippen LogP contribution >= 0.6 is 0 Å². The second-order valence-corrected chi connectivity index (χ2v) is 8.70. The van der Waals surface area contributed by atoms with Crippen LogP contribution in [0.25, 0.3) is 0 Å². The molecule has 0 aliphatic carbocycles. The molecule has 1 amide bonds. The van der Waals surface area contributed by atoms with Crippen molar-refractivity contribution in [3.8, 4) is 0 Å². The first-order valence-corrected chi connectivity index (χ1v) is 10.9. The second kappa shape index (κ2) is 9.17. The Labute approximate surface area is 192 Å². The number of nitrogens with two attached hydrogens (primary N) is 1. The third-order valence-corrected chi connectivity index (χ3v) is 6.51. The van der Waals surface area contributed by atoms with Gasteiger partial charge in [-0.3, -0.25) is 4.79 Å². The van der Waals surface area contributed by atoms with Crippen molar-refractivity contribution < 1.29 is 28.4 Å². The summed E-state index contributed by atoms with van der Waals surface area (Å²) in [5.41, 5.74) is 5.14. The van der Waals surface area contributed by atoms with Crippen LogP contribution in [0, 0.1) is 0 Å². The van der Waals surface area contributed by atoms with Gasteiger partial charge in [0, 0.05) is 18.9 Å². The van der Waals surface area contributed by atoms with Crippen LogP contribution in [0.5, 0.6) is 0 Å². The van der Waals surface area contributed by atoms with E-state index >= 15 is 0 Å². The Morgan fingerprint density at radius 2 is 1.61 bits per heavy atom. The number of likely N-dealkylation sites (tertiary alicyclic amines) is 1. The zero-order valence-corrected chi connectivity index (χ0v) is 18.5. The molecule has 1 unspecified atom stereocenters. The minimum atomic E-state index is -1.92. The van der Waals surface area contributed by atoms with Gasteiger partial charge in [0.2, 0.25) is 11.6 Å². The average Bonchev–Trinajstić information content (AvgIpc) is 3.35. The summed E-state index contributed by atoms with van der Waals surface area (Å²) in [7, 11) is 1.94. The van der Waals surface area contributed by atoms with Crippen molar-refractivity contribution in [1.29, 1.82) is 0 Å². The molecule has 4 rings (SSSR count). The molecular formula is C25H28N3O5+. The minimum Gasteiger partial charge on any atom is -0.459 e. The van der Waals surface area contributed by atoms with Gasteiger partial charge in [0.05, 0.1) is 20.1 Å². The number of carbonyl (C=O) groups is 2. The molecule has 0 bridgehead atoms. The summed E-state index contributed by atoms with van der Waals surface area (Å²) in [6, 6.07) is 18.6. The van der Waals surface area contributed by atoms with E-state index in [0.29, 0.717) is 47.2 Å². The lowest BCUT2D eigenvalue weighted by Crippen LogP contribution is -2.57. The van der Waals surface area contributed by atoms with E-state index in [1.165, 1.54) is 6.26 Å². The van der Waals surface area contributed by atoms with E-state index in [-0.39, 0.29) is 0 Å². The highest BCUT2D eigenvalue weighted by molar-refractivity contribution is 5.85. The predicted octanol–water partition coefficient (Wildman–Crippen LogP) is 2.29. The topological polar surface area (TPSA) is 116 Å². The molecule has 2 aromatic carbocycles. The van der Waals surface area contributed by atoms with E-state index in [9.17, 15) is 14.7 Å². The van der Waals surface area contributed by atoms with Crippen LogP contribution in [0.4, 0.5) is 0 Å². The number of aromatic nitrogens is 1. The Hall–Kier alpha value is -3.49. The summed E-state index contributed by atoms with van der Waals surface area (Å²) in [6.45, 7) is 1.10. The smallest absolute Gasteiger partial charge is 0.347 e. The number of aliphatic hydroxyl groups is 1. The summed E-state index contributed by atoms with van der Waals surface area (Å²) < 4.78 is 11.1. The van der Waals surface area contributed by atoms with E-state index in [1.807, 2.05) is 19.2 Å². The lowest BCUT2D eigenvalue weighted by atomic mass is 9.86. The van der Waals surface area contributed by atoms with Gasteiger partial charge in [-0.2, -0.15) is 0 Å². The normalized spacial score (nSPS) is 21.8. The monoisotopic (exact) mass is 450 g/mol. The molecule has 3 N–H and O–H groups in total. The number of quaternary nitrogens is 1. The van der Waals surface area contributed by atoms with Gasteiger partial charge in [-0.25, -0.2) is 4.79 Å². The molecule has 33 heavy (non-hydrogen) atoms. The van der Waals surface area contributed by atoms with Crippen molar-refractivity contribution in [1.82, 2.24) is 5.16 Å². The van der Waals surface area contributed by atoms with E-state index < -0.39 is 29.6 Å². The summed E-state index contributed by atoms with van der Waals surface area (Å²) in [5, 5.41) is 15.5. The van der Waals surface area contributed by atoms with Crippen LogP contribution in [-0.4, -0.2) is 52.9 Å². The largest absolute Gasteiger partial charge is 0.459 e.